The molecule has 5 N–H and O–H groups in total. The lowest BCUT2D eigenvalue weighted by molar-refractivity contribution is -0.125. The highest BCUT2D eigenvalue weighted by molar-refractivity contribution is 7.85. The number of hydrogen-bond acceptors (Lipinski definition) is 7. The van der Waals surface area contributed by atoms with E-state index < -0.39 is 29.3 Å². The van der Waals surface area contributed by atoms with Crippen LogP contribution in [0.4, 0.5) is 4.79 Å². The van der Waals surface area contributed by atoms with Crippen molar-refractivity contribution < 1.29 is 32.2 Å². The van der Waals surface area contributed by atoms with Crippen LogP contribution in [0, 0.1) is 5.92 Å². The summed E-state index contributed by atoms with van der Waals surface area (Å²) in [5.74, 6) is -0.744. The molecule has 1 saturated carbocycles. The molecule has 208 valence electrons. The van der Waals surface area contributed by atoms with Crippen LogP contribution >= 0.6 is 0 Å². The van der Waals surface area contributed by atoms with Crippen molar-refractivity contribution in [1.82, 2.24) is 10.2 Å². The Morgan fingerprint density at radius 2 is 1.68 bits per heavy atom. The van der Waals surface area contributed by atoms with Crippen LogP contribution in [0.3, 0.4) is 0 Å². The number of hydrogen-bond donors (Lipinski definition) is 4. The third kappa shape index (κ3) is 11.2. The molecule has 2 aromatic rings. The standard InChI is InChI=1S/C20H32BN3O4.C6H6O3S/c1-24(15-13-16-8-3-2-4-9-16)20(26)28-21(27)18(12-7-14-22)23-19(25)17-10-5-6-11-17;7-10(8,9)6-4-2-1-3-5-6/h2-4,8-9,17-18,27H,5-7,10-15,22H2,1H3,(H,23,25);1-5H,(H,7,8,9). The van der Waals surface area contributed by atoms with E-state index in [4.69, 9.17) is 14.9 Å². The van der Waals surface area contributed by atoms with Gasteiger partial charge in [-0.05, 0) is 56.3 Å². The van der Waals surface area contributed by atoms with Crippen molar-refractivity contribution in [3.8, 4) is 0 Å². The Hall–Kier alpha value is -2.93. The molecule has 10 nitrogen and oxygen atoms in total. The average molecular weight is 547 g/mol. The van der Waals surface area contributed by atoms with Gasteiger partial charge in [0.05, 0.1) is 10.8 Å². The van der Waals surface area contributed by atoms with Crippen LogP contribution in [-0.2, 0) is 26.0 Å². The van der Waals surface area contributed by atoms with E-state index in [1.807, 2.05) is 30.3 Å². The third-order valence-corrected chi connectivity index (χ3v) is 7.14. The molecule has 0 bridgehead atoms. The number of benzene rings is 2. The zero-order chi connectivity index (χ0) is 28.0. The van der Waals surface area contributed by atoms with E-state index in [0.717, 1.165) is 31.2 Å². The van der Waals surface area contributed by atoms with Crippen molar-refractivity contribution in [1.29, 1.82) is 0 Å². The first-order chi connectivity index (χ1) is 18.1. The third-order valence-electron chi connectivity index (χ3n) is 6.27. The molecular formula is C26H38BN3O7S. The lowest BCUT2D eigenvalue weighted by atomic mass is 9.75. The van der Waals surface area contributed by atoms with Crippen LogP contribution < -0.4 is 11.1 Å². The number of carbonyl (C=O) groups is 2. The van der Waals surface area contributed by atoms with Crippen molar-refractivity contribution in [2.45, 2.75) is 55.8 Å². The van der Waals surface area contributed by atoms with Gasteiger partial charge in [-0.25, -0.2) is 4.79 Å². The largest absolute Gasteiger partial charge is 0.549 e. The highest BCUT2D eigenvalue weighted by Gasteiger charge is 2.34. The Morgan fingerprint density at radius 3 is 2.21 bits per heavy atom. The molecule has 1 fully saturated rings. The van der Waals surface area contributed by atoms with Crippen LogP contribution in [0.25, 0.3) is 0 Å². The van der Waals surface area contributed by atoms with Gasteiger partial charge in [0.1, 0.15) is 0 Å². The summed E-state index contributed by atoms with van der Waals surface area (Å²) in [5, 5.41) is 13.3. The number of nitrogens with zero attached hydrogens (tertiary/aromatic N) is 1. The SMILES string of the molecule is CN(CCc1ccccc1)C(=O)OB(O)C(CCCN)NC(=O)C1CCCC1.O=S(=O)(O)c1ccccc1. The predicted molar refractivity (Wildman–Crippen MR) is 146 cm³/mol. The normalized spacial score (nSPS) is 14.1. The maximum Gasteiger partial charge on any atom is 0.549 e. The summed E-state index contributed by atoms with van der Waals surface area (Å²) in [5.41, 5.74) is 6.68. The molecule has 0 radical (unpaired) electrons. The molecular weight excluding hydrogens is 509 g/mol. The summed E-state index contributed by atoms with van der Waals surface area (Å²) in [6, 6.07) is 17.3. The monoisotopic (exact) mass is 547 g/mol. The lowest BCUT2D eigenvalue weighted by Crippen LogP contribution is -2.51. The second-order valence-corrected chi connectivity index (χ2v) is 10.7. The molecule has 1 aliphatic carbocycles. The smallest absolute Gasteiger partial charge is 0.491 e. The number of nitrogens with one attached hydrogen (secondary N) is 1. The van der Waals surface area contributed by atoms with Gasteiger partial charge < -0.3 is 25.6 Å². The number of rotatable bonds is 11. The summed E-state index contributed by atoms with van der Waals surface area (Å²) in [6.07, 6.45) is 4.99. The molecule has 1 aliphatic rings. The van der Waals surface area contributed by atoms with Gasteiger partial charge in [0.2, 0.25) is 5.91 Å². The molecule has 0 aromatic heterocycles. The molecule has 2 aromatic carbocycles. The first kappa shape index (κ1) is 31.3. The number of nitrogens with two attached hydrogens (primary N) is 1. The predicted octanol–water partition coefficient (Wildman–Crippen LogP) is 2.66. The summed E-state index contributed by atoms with van der Waals surface area (Å²) in [7, 11) is -3.77. The van der Waals surface area contributed by atoms with Crippen LogP contribution in [0.2, 0.25) is 0 Å². The maximum atomic E-state index is 12.4. The van der Waals surface area contributed by atoms with E-state index in [0.29, 0.717) is 32.4 Å². The van der Waals surface area contributed by atoms with E-state index in [9.17, 15) is 23.0 Å². The fourth-order valence-electron chi connectivity index (χ4n) is 4.01. The zero-order valence-electron chi connectivity index (χ0n) is 21.7. The van der Waals surface area contributed by atoms with Gasteiger partial charge in [0.15, 0.2) is 0 Å². The van der Waals surface area contributed by atoms with Gasteiger partial charge in [0.25, 0.3) is 10.1 Å². The molecule has 38 heavy (non-hydrogen) atoms. The topological polar surface area (TPSA) is 159 Å². The van der Waals surface area contributed by atoms with E-state index in [1.165, 1.54) is 17.0 Å². The van der Waals surface area contributed by atoms with Crippen molar-refractivity contribution in [2.75, 3.05) is 20.1 Å². The number of carbonyl (C=O) groups excluding carboxylic acids is 2. The van der Waals surface area contributed by atoms with Crippen LogP contribution in [0.15, 0.2) is 65.6 Å². The Bertz CT molecular complexity index is 1080. The molecule has 1 unspecified atom stereocenters. The highest BCUT2D eigenvalue weighted by Crippen LogP contribution is 2.25. The fraction of sp³-hybridized carbons (Fsp3) is 0.462. The summed E-state index contributed by atoms with van der Waals surface area (Å²) >= 11 is 0. The molecule has 0 heterocycles. The average Bonchev–Trinajstić information content (AvgIpc) is 3.46. The Balaban J connectivity index is 0.000000423. The van der Waals surface area contributed by atoms with E-state index in [1.54, 1.807) is 25.2 Å². The number of likely N-dealkylation sites (N-methyl/N-ethyl adjacent to an activating group) is 1. The van der Waals surface area contributed by atoms with Crippen LogP contribution in [-0.4, -0.2) is 68.1 Å². The Morgan fingerprint density at radius 1 is 1.11 bits per heavy atom. The maximum absolute atomic E-state index is 12.4. The minimum Gasteiger partial charge on any atom is -0.491 e. The quantitative estimate of drug-likeness (QED) is 0.247. The minimum absolute atomic E-state index is 0.0168. The summed E-state index contributed by atoms with van der Waals surface area (Å²) < 4.78 is 34.4. The van der Waals surface area contributed by atoms with Crippen LogP contribution in [0.5, 0.6) is 0 Å². The van der Waals surface area contributed by atoms with Crippen molar-refractivity contribution in [3.63, 3.8) is 0 Å². The fourth-order valence-corrected chi connectivity index (χ4v) is 4.51. The summed E-state index contributed by atoms with van der Waals surface area (Å²) in [6.45, 7) is 0.908. The van der Waals surface area contributed by atoms with Crippen molar-refractivity contribution >= 4 is 29.2 Å². The van der Waals surface area contributed by atoms with Gasteiger partial charge in [-0.1, -0.05) is 61.4 Å². The highest BCUT2D eigenvalue weighted by atomic mass is 32.2. The van der Waals surface area contributed by atoms with Gasteiger partial charge in [-0.15, -0.1) is 0 Å². The lowest BCUT2D eigenvalue weighted by Gasteiger charge is -2.24. The molecule has 0 aliphatic heterocycles. The molecule has 0 spiro atoms. The first-order valence-corrected chi connectivity index (χ1v) is 14.2. The van der Waals surface area contributed by atoms with Crippen LogP contribution in [0.1, 0.15) is 44.1 Å². The van der Waals surface area contributed by atoms with E-state index >= 15 is 0 Å². The first-order valence-electron chi connectivity index (χ1n) is 12.8. The molecule has 3 rings (SSSR count). The van der Waals surface area contributed by atoms with Gasteiger partial charge in [-0.3, -0.25) is 9.35 Å². The second kappa shape index (κ2) is 16.1. The second-order valence-electron chi connectivity index (χ2n) is 9.25. The van der Waals surface area contributed by atoms with Gasteiger partial charge in [0, 0.05) is 19.5 Å². The zero-order valence-corrected chi connectivity index (χ0v) is 22.6. The van der Waals surface area contributed by atoms with Gasteiger partial charge >= 0.3 is 13.2 Å². The van der Waals surface area contributed by atoms with E-state index in [-0.39, 0.29) is 16.7 Å². The Labute approximate surface area is 225 Å². The van der Waals surface area contributed by atoms with Gasteiger partial charge in [-0.2, -0.15) is 8.42 Å². The van der Waals surface area contributed by atoms with Crippen molar-refractivity contribution in [2.24, 2.45) is 11.7 Å². The summed E-state index contributed by atoms with van der Waals surface area (Å²) in [4.78, 5) is 26.1. The number of amides is 2. The molecule has 1 atom stereocenters. The molecule has 2 amide bonds. The molecule has 0 saturated heterocycles. The molecule has 12 heteroatoms. The minimum atomic E-state index is -4.00. The van der Waals surface area contributed by atoms with E-state index in [2.05, 4.69) is 5.32 Å². The Kier molecular flexibility index (Phi) is 13.3. The van der Waals surface area contributed by atoms with Crippen molar-refractivity contribution in [3.05, 3.63) is 66.2 Å².